The summed E-state index contributed by atoms with van der Waals surface area (Å²) in [5.41, 5.74) is 3.24. The molecule has 2 N–H and O–H groups in total. The molecule has 0 fully saturated rings. The lowest BCUT2D eigenvalue weighted by Gasteiger charge is -2.05. The van der Waals surface area contributed by atoms with Crippen LogP contribution in [0.25, 0.3) is 22.5 Å². The molecule has 0 saturated heterocycles. The smallest absolute Gasteiger partial charge is 0.340 e. The summed E-state index contributed by atoms with van der Waals surface area (Å²) in [6, 6.07) is 18.3. The summed E-state index contributed by atoms with van der Waals surface area (Å²) in [6.07, 6.45) is 0. The normalized spacial score (nSPS) is 10.4. The Labute approximate surface area is 128 Å². The number of carbonyl (C=O) groups is 1. The van der Waals surface area contributed by atoms with Crippen molar-refractivity contribution in [1.82, 2.24) is 4.98 Å². The van der Waals surface area contributed by atoms with E-state index in [1.807, 2.05) is 30.3 Å². The molecule has 3 rings (SSSR count). The lowest BCUT2D eigenvalue weighted by Crippen LogP contribution is -2.01. The Kier molecular flexibility index (Phi) is 3.66. The molecule has 0 unspecified atom stereocenters. The van der Waals surface area contributed by atoms with Crippen LogP contribution in [0.1, 0.15) is 10.4 Å². The van der Waals surface area contributed by atoms with Crippen LogP contribution in [-0.2, 0) is 4.74 Å². The minimum Gasteiger partial charge on any atom is -0.507 e. The first-order valence-electron chi connectivity index (χ1n) is 6.86. The zero-order valence-electron chi connectivity index (χ0n) is 12.0. The lowest BCUT2D eigenvalue weighted by atomic mass is 10.1. The van der Waals surface area contributed by atoms with Gasteiger partial charge in [-0.1, -0.05) is 42.5 Å². The van der Waals surface area contributed by atoms with Crippen LogP contribution in [0.15, 0.2) is 60.7 Å². The zero-order valence-corrected chi connectivity index (χ0v) is 12.0. The van der Waals surface area contributed by atoms with E-state index in [-0.39, 0.29) is 5.75 Å². The van der Waals surface area contributed by atoms with Gasteiger partial charge in [0.1, 0.15) is 5.75 Å². The van der Waals surface area contributed by atoms with Crippen LogP contribution >= 0.6 is 0 Å². The molecular weight excluding hydrogens is 278 g/mol. The fourth-order valence-corrected chi connectivity index (χ4v) is 2.40. The number of hydrogen-bond acceptors (Lipinski definition) is 3. The molecule has 0 amide bonds. The Morgan fingerprint density at radius 3 is 2.41 bits per heavy atom. The van der Waals surface area contributed by atoms with Gasteiger partial charge in [-0.2, -0.15) is 0 Å². The monoisotopic (exact) mass is 293 g/mol. The standard InChI is InChI=1S/C18H15NO3/c1-22-18(21)14-11-15(12-7-3-2-4-8-12)19-17(14)13-9-5-6-10-16(13)20/h2-11,19-20H,1H3. The average molecular weight is 293 g/mol. The van der Waals surface area contributed by atoms with Gasteiger partial charge in [0.2, 0.25) is 0 Å². The summed E-state index contributed by atoms with van der Waals surface area (Å²) >= 11 is 0. The van der Waals surface area contributed by atoms with E-state index in [0.717, 1.165) is 11.3 Å². The van der Waals surface area contributed by atoms with Gasteiger partial charge in [-0.15, -0.1) is 0 Å². The fraction of sp³-hybridized carbons (Fsp3) is 0.0556. The number of esters is 1. The van der Waals surface area contributed by atoms with Crippen molar-refractivity contribution in [3.05, 3.63) is 66.2 Å². The Hall–Kier alpha value is -3.01. The Morgan fingerprint density at radius 2 is 1.73 bits per heavy atom. The van der Waals surface area contributed by atoms with Gasteiger partial charge < -0.3 is 14.8 Å². The van der Waals surface area contributed by atoms with E-state index in [0.29, 0.717) is 16.8 Å². The van der Waals surface area contributed by atoms with Crippen molar-refractivity contribution in [2.24, 2.45) is 0 Å². The minimum absolute atomic E-state index is 0.106. The number of H-pyrrole nitrogens is 1. The van der Waals surface area contributed by atoms with Crippen LogP contribution in [0.2, 0.25) is 0 Å². The maximum absolute atomic E-state index is 12.0. The quantitative estimate of drug-likeness (QED) is 0.721. The van der Waals surface area contributed by atoms with Gasteiger partial charge in [0.25, 0.3) is 0 Å². The van der Waals surface area contributed by atoms with Crippen molar-refractivity contribution < 1.29 is 14.6 Å². The van der Waals surface area contributed by atoms with Gasteiger partial charge >= 0.3 is 5.97 Å². The van der Waals surface area contributed by atoms with E-state index in [2.05, 4.69) is 4.98 Å². The summed E-state index contributed by atoms with van der Waals surface area (Å²) in [4.78, 5) is 15.2. The van der Waals surface area contributed by atoms with Crippen LogP contribution in [0.5, 0.6) is 5.75 Å². The first-order valence-corrected chi connectivity index (χ1v) is 6.86. The van der Waals surface area contributed by atoms with E-state index < -0.39 is 5.97 Å². The second-order valence-corrected chi connectivity index (χ2v) is 4.85. The number of nitrogens with one attached hydrogen (secondary N) is 1. The van der Waals surface area contributed by atoms with Crippen molar-refractivity contribution in [2.75, 3.05) is 7.11 Å². The third-order valence-corrected chi connectivity index (χ3v) is 3.48. The molecule has 0 spiro atoms. The van der Waals surface area contributed by atoms with Crippen molar-refractivity contribution in [1.29, 1.82) is 0 Å². The third-order valence-electron chi connectivity index (χ3n) is 3.48. The van der Waals surface area contributed by atoms with Crippen molar-refractivity contribution in [3.63, 3.8) is 0 Å². The summed E-state index contributed by atoms with van der Waals surface area (Å²) in [5, 5.41) is 10.1. The minimum atomic E-state index is -0.448. The number of aromatic amines is 1. The molecule has 4 nitrogen and oxygen atoms in total. The van der Waals surface area contributed by atoms with Gasteiger partial charge in [0.05, 0.1) is 18.4 Å². The summed E-state index contributed by atoms with van der Waals surface area (Å²) in [6.45, 7) is 0. The number of phenols is 1. The second-order valence-electron chi connectivity index (χ2n) is 4.85. The highest BCUT2D eigenvalue weighted by atomic mass is 16.5. The molecule has 110 valence electrons. The lowest BCUT2D eigenvalue weighted by molar-refractivity contribution is 0.0602. The highest BCUT2D eigenvalue weighted by Crippen LogP contribution is 2.34. The Bertz CT molecular complexity index is 806. The highest BCUT2D eigenvalue weighted by Gasteiger charge is 2.19. The largest absolute Gasteiger partial charge is 0.507 e. The molecule has 0 saturated carbocycles. The second kappa shape index (κ2) is 5.77. The average Bonchev–Trinajstić information content (AvgIpc) is 3.00. The number of rotatable bonds is 3. The maximum Gasteiger partial charge on any atom is 0.340 e. The third kappa shape index (κ3) is 2.46. The molecule has 0 aliphatic heterocycles. The predicted octanol–water partition coefficient (Wildman–Crippen LogP) is 3.84. The first kappa shape index (κ1) is 13.9. The number of para-hydroxylation sites is 1. The Morgan fingerprint density at radius 1 is 1.05 bits per heavy atom. The summed E-state index contributed by atoms with van der Waals surface area (Å²) in [7, 11) is 1.34. The molecule has 0 atom stereocenters. The number of aromatic hydroxyl groups is 1. The number of hydrogen-bond donors (Lipinski definition) is 2. The predicted molar refractivity (Wildman–Crippen MR) is 84.7 cm³/mol. The molecule has 0 radical (unpaired) electrons. The molecular formula is C18H15NO3. The van der Waals surface area contributed by atoms with E-state index in [1.54, 1.807) is 30.3 Å². The number of phenolic OH excluding ortho intramolecular Hbond substituents is 1. The van der Waals surface area contributed by atoms with Gasteiger partial charge in [0, 0.05) is 11.3 Å². The Balaban J connectivity index is 2.19. The van der Waals surface area contributed by atoms with Gasteiger partial charge in [-0.25, -0.2) is 4.79 Å². The summed E-state index contributed by atoms with van der Waals surface area (Å²) < 4.78 is 4.85. The number of methoxy groups -OCH3 is 1. The van der Waals surface area contributed by atoms with E-state index in [1.165, 1.54) is 7.11 Å². The van der Waals surface area contributed by atoms with E-state index in [4.69, 9.17) is 4.74 Å². The van der Waals surface area contributed by atoms with Crippen LogP contribution in [0.4, 0.5) is 0 Å². The van der Waals surface area contributed by atoms with Crippen molar-refractivity contribution in [2.45, 2.75) is 0 Å². The highest BCUT2D eigenvalue weighted by molar-refractivity contribution is 5.99. The molecule has 22 heavy (non-hydrogen) atoms. The van der Waals surface area contributed by atoms with E-state index >= 15 is 0 Å². The van der Waals surface area contributed by atoms with Crippen LogP contribution < -0.4 is 0 Å². The van der Waals surface area contributed by atoms with Crippen LogP contribution in [0, 0.1) is 0 Å². The van der Waals surface area contributed by atoms with E-state index in [9.17, 15) is 9.90 Å². The molecule has 1 aromatic heterocycles. The fourth-order valence-electron chi connectivity index (χ4n) is 2.40. The molecule has 0 aliphatic carbocycles. The first-order chi connectivity index (χ1) is 10.7. The summed E-state index contributed by atoms with van der Waals surface area (Å²) in [5.74, 6) is -0.342. The number of benzene rings is 2. The van der Waals surface area contributed by atoms with Crippen molar-refractivity contribution >= 4 is 5.97 Å². The topological polar surface area (TPSA) is 62.3 Å². The number of ether oxygens (including phenoxy) is 1. The SMILES string of the molecule is COC(=O)c1cc(-c2ccccc2)[nH]c1-c1ccccc1O. The molecule has 0 bridgehead atoms. The van der Waals surface area contributed by atoms with Crippen LogP contribution in [0.3, 0.4) is 0 Å². The molecule has 1 heterocycles. The van der Waals surface area contributed by atoms with Gasteiger partial charge in [0.15, 0.2) is 0 Å². The number of carbonyl (C=O) groups excluding carboxylic acids is 1. The zero-order chi connectivity index (χ0) is 15.5. The van der Waals surface area contributed by atoms with Gasteiger partial charge in [-0.3, -0.25) is 0 Å². The maximum atomic E-state index is 12.0. The molecule has 0 aliphatic rings. The number of aromatic nitrogens is 1. The van der Waals surface area contributed by atoms with Crippen molar-refractivity contribution in [3.8, 4) is 28.3 Å². The van der Waals surface area contributed by atoms with Crippen LogP contribution in [-0.4, -0.2) is 23.2 Å². The van der Waals surface area contributed by atoms with Gasteiger partial charge in [-0.05, 0) is 23.8 Å². The molecule has 3 aromatic rings. The molecule has 4 heteroatoms. The molecule has 2 aromatic carbocycles.